The maximum absolute atomic E-state index is 13.1. The van der Waals surface area contributed by atoms with Crippen LogP contribution in [0, 0.1) is 11.8 Å². The van der Waals surface area contributed by atoms with Crippen molar-refractivity contribution in [3.05, 3.63) is 89.9 Å². The molecule has 2 amide bonds. The first kappa shape index (κ1) is 19.6. The molecule has 2 aliphatic heterocycles. The van der Waals surface area contributed by atoms with Gasteiger partial charge in [-0.25, -0.2) is 0 Å². The molecule has 2 aromatic carbocycles. The zero-order valence-corrected chi connectivity index (χ0v) is 17.2. The Labute approximate surface area is 181 Å². The molecule has 2 atom stereocenters. The van der Waals surface area contributed by atoms with Crippen LogP contribution in [0.5, 0.6) is 0 Å². The van der Waals surface area contributed by atoms with Crippen molar-refractivity contribution in [2.75, 3.05) is 31.5 Å². The van der Waals surface area contributed by atoms with Crippen molar-refractivity contribution in [3.8, 4) is 0 Å². The SMILES string of the molecule is O=C(Nc1cccc(C(=O)N2C[C@H]3CN(Cc4ccccc4)C[C@@H]3C2)c1)c1ccco1. The summed E-state index contributed by atoms with van der Waals surface area (Å²) in [5.41, 5.74) is 2.52. The van der Waals surface area contributed by atoms with Crippen molar-refractivity contribution in [2.45, 2.75) is 6.54 Å². The van der Waals surface area contributed by atoms with Gasteiger partial charge in [-0.05, 0) is 47.7 Å². The molecule has 1 aromatic heterocycles. The van der Waals surface area contributed by atoms with Crippen LogP contribution in [0.2, 0.25) is 0 Å². The zero-order valence-electron chi connectivity index (χ0n) is 17.2. The largest absolute Gasteiger partial charge is 0.459 e. The molecule has 2 fully saturated rings. The van der Waals surface area contributed by atoms with Gasteiger partial charge in [0.05, 0.1) is 6.26 Å². The van der Waals surface area contributed by atoms with Gasteiger partial charge in [0.2, 0.25) is 0 Å². The van der Waals surface area contributed by atoms with Crippen molar-refractivity contribution in [2.24, 2.45) is 11.8 Å². The van der Waals surface area contributed by atoms with E-state index >= 15 is 0 Å². The Hall–Kier alpha value is -3.38. The van der Waals surface area contributed by atoms with Gasteiger partial charge in [0.15, 0.2) is 5.76 Å². The smallest absolute Gasteiger partial charge is 0.291 e. The summed E-state index contributed by atoms with van der Waals surface area (Å²) >= 11 is 0. The molecule has 5 rings (SSSR count). The van der Waals surface area contributed by atoms with Crippen LogP contribution in [-0.2, 0) is 6.54 Å². The van der Waals surface area contributed by atoms with Crippen molar-refractivity contribution >= 4 is 17.5 Å². The van der Waals surface area contributed by atoms with Gasteiger partial charge in [-0.1, -0.05) is 36.4 Å². The molecular formula is C25H25N3O3. The van der Waals surface area contributed by atoms with E-state index in [4.69, 9.17) is 4.42 Å². The normalized spacial score (nSPS) is 20.6. The number of anilines is 1. The maximum Gasteiger partial charge on any atom is 0.291 e. The van der Waals surface area contributed by atoms with Gasteiger partial charge >= 0.3 is 0 Å². The molecule has 158 valence electrons. The van der Waals surface area contributed by atoms with Crippen molar-refractivity contribution < 1.29 is 14.0 Å². The van der Waals surface area contributed by atoms with E-state index in [-0.39, 0.29) is 17.6 Å². The first-order valence-electron chi connectivity index (χ1n) is 10.7. The van der Waals surface area contributed by atoms with Gasteiger partial charge in [0, 0.05) is 44.0 Å². The lowest BCUT2D eigenvalue weighted by Crippen LogP contribution is -2.33. The first-order valence-corrected chi connectivity index (χ1v) is 10.7. The highest BCUT2D eigenvalue weighted by atomic mass is 16.3. The van der Waals surface area contributed by atoms with Crippen LogP contribution in [-0.4, -0.2) is 47.8 Å². The lowest BCUT2D eigenvalue weighted by atomic mass is 10.0. The Morgan fingerprint density at radius 1 is 0.903 bits per heavy atom. The minimum Gasteiger partial charge on any atom is -0.459 e. The molecular weight excluding hydrogens is 390 g/mol. The summed E-state index contributed by atoms with van der Waals surface area (Å²) in [7, 11) is 0. The molecule has 0 bridgehead atoms. The average Bonchev–Trinajstić information content (AvgIpc) is 3.51. The molecule has 2 saturated heterocycles. The Balaban J connectivity index is 1.19. The number of benzene rings is 2. The van der Waals surface area contributed by atoms with Gasteiger partial charge < -0.3 is 14.6 Å². The lowest BCUT2D eigenvalue weighted by Gasteiger charge is -2.22. The molecule has 0 radical (unpaired) electrons. The highest BCUT2D eigenvalue weighted by Crippen LogP contribution is 2.32. The molecule has 1 N–H and O–H groups in total. The summed E-state index contributed by atoms with van der Waals surface area (Å²) in [6, 6.07) is 20.9. The van der Waals surface area contributed by atoms with Crippen molar-refractivity contribution in [3.63, 3.8) is 0 Å². The quantitative estimate of drug-likeness (QED) is 0.690. The number of likely N-dealkylation sites (tertiary alicyclic amines) is 2. The zero-order chi connectivity index (χ0) is 21.2. The third-order valence-corrected chi connectivity index (χ3v) is 6.21. The minimum absolute atomic E-state index is 0.0260. The number of nitrogens with zero attached hydrogens (tertiary/aromatic N) is 2. The molecule has 2 aliphatic rings. The summed E-state index contributed by atoms with van der Waals surface area (Å²) in [6.07, 6.45) is 1.46. The lowest BCUT2D eigenvalue weighted by molar-refractivity contribution is 0.0773. The second-order valence-electron chi connectivity index (χ2n) is 8.42. The summed E-state index contributed by atoms with van der Waals surface area (Å²) in [4.78, 5) is 29.8. The molecule has 6 nitrogen and oxygen atoms in total. The van der Waals surface area contributed by atoms with Crippen LogP contribution in [0.25, 0.3) is 0 Å². The second kappa shape index (κ2) is 8.40. The van der Waals surface area contributed by atoms with Crippen LogP contribution < -0.4 is 5.32 Å². The van der Waals surface area contributed by atoms with E-state index in [0.29, 0.717) is 23.1 Å². The third-order valence-electron chi connectivity index (χ3n) is 6.21. The van der Waals surface area contributed by atoms with E-state index in [1.165, 1.54) is 11.8 Å². The van der Waals surface area contributed by atoms with E-state index < -0.39 is 0 Å². The second-order valence-corrected chi connectivity index (χ2v) is 8.42. The molecule has 6 heteroatoms. The number of furan rings is 1. The minimum atomic E-state index is -0.330. The van der Waals surface area contributed by atoms with Crippen molar-refractivity contribution in [1.29, 1.82) is 0 Å². The van der Waals surface area contributed by atoms with Gasteiger partial charge in [-0.2, -0.15) is 0 Å². The third kappa shape index (κ3) is 4.25. The maximum atomic E-state index is 13.1. The fourth-order valence-electron chi connectivity index (χ4n) is 4.74. The number of carbonyl (C=O) groups excluding carboxylic acids is 2. The van der Waals surface area contributed by atoms with E-state index in [1.54, 1.807) is 36.4 Å². The standard InChI is InChI=1S/C25H25N3O3/c29-24(23-10-5-11-31-23)26-22-9-4-8-19(12-22)25(30)28-16-20-14-27(15-21(20)17-28)13-18-6-2-1-3-7-18/h1-12,20-21H,13-17H2,(H,26,29)/t20-,21-/m1/s1. The molecule has 31 heavy (non-hydrogen) atoms. The highest BCUT2D eigenvalue weighted by molar-refractivity contribution is 6.03. The number of amides is 2. The monoisotopic (exact) mass is 415 g/mol. The van der Waals surface area contributed by atoms with Crippen LogP contribution in [0.1, 0.15) is 26.5 Å². The molecule has 0 spiro atoms. The molecule has 3 heterocycles. The molecule has 0 aliphatic carbocycles. The summed E-state index contributed by atoms with van der Waals surface area (Å²) in [5.74, 6) is 0.982. The van der Waals surface area contributed by atoms with Crippen LogP contribution >= 0.6 is 0 Å². The molecule has 3 aromatic rings. The van der Waals surface area contributed by atoms with Gasteiger partial charge in [0.25, 0.3) is 11.8 Å². The predicted octanol–water partition coefficient (Wildman–Crippen LogP) is 3.74. The topological polar surface area (TPSA) is 65.8 Å². The number of nitrogens with one attached hydrogen (secondary N) is 1. The van der Waals surface area contributed by atoms with E-state index in [0.717, 1.165) is 32.7 Å². The average molecular weight is 415 g/mol. The number of hydrogen-bond donors (Lipinski definition) is 1. The predicted molar refractivity (Wildman–Crippen MR) is 118 cm³/mol. The number of carbonyl (C=O) groups is 2. The number of fused-ring (bicyclic) bond motifs is 1. The van der Waals surface area contributed by atoms with Crippen molar-refractivity contribution in [1.82, 2.24) is 9.80 Å². The van der Waals surface area contributed by atoms with Gasteiger partial charge in [0.1, 0.15) is 0 Å². The Morgan fingerprint density at radius 2 is 1.68 bits per heavy atom. The molecule has 0 unspecified atom stereocenters. The van der Waals surface area contributed by atoms with E-state index in [9.17, 15) is 9.59 Å². The Kier molecular flexibility index (Phi) is 5.30. The van der Waals surface area contributed by atoms with Gasteiger partial charge in [-0.15, -0.1) is 0 Å². The Bertz CT molecular complexity index is 1050. The highest BCUT2D eigenvalue weighted by Gasteiger charge is 2.41. The fraction of sp³-hybridized carbons (Fsp3) is 0.280. The number of hydrogen-bond acceptors (Lipinski definition) is 4. The number of rotatable bonds is 5. The molecule has 0 saturated carbocycles. The Morgan fingerprint density at radius 3 is 2.39 bits per heavy atom. The summed E-state index contributed by atoms with van der Waals surface area (Å²) < 4.78 is 5.12. The van der Waals surface area contributed by atoms with Crippen LogP contribution in [0.3, 0.4) is 0 Å². The van der Waals surface area contributed by atoms with Crippen LogP contribution in [0.4, 0.5) is 5.69 Å². The fourth-order valence-corrected chi connectivity index (χ4v) is 4.74. The summed E-state index contributed by atoms with van der Waals surface area (Å²) in [6.45, 7) is 4.61. The van der Waals surface area contributed by atoms with E-state index in [1.807, 2.05) is 11.0 Å². The first-order chi connectivity index (χ1) is 15.2. The van der Waals surface area contributed by atoms with Gasteiger partial charge in [-0.3, -0.25) is 14.5 Å². The van der Waals surface area contributed by atoms with E-state index in [2.05, 4.69) is 34.5 Å². The summed E-state index contributed by atoms with van der Waals surface area (Å²) in [5, 5.41) is 2.79. The van der Waals surface area contributed by atoms with Crippen LogP contribution in [0.15, 0.2) is 77.4 Å².